The highest BCUT2D eigenvalue weighted by molar-refractivity contribution is 5.61. The number of anilines is 3. The molecule has 11 heteroatoms. The first-order valence-corrected chi connectivity index (χ1v) is 7.86. The van der Waals surface area contributed by atoms with E-state index in [-0.39, 0.29) is 5.95 Å². The molecule has 1 saturated heterocycles. The fourth-order valence-electron chi connectivity index (χ4n) is 2.31. The quantitative estimate of drug-likeness (QED) is 0.852. The zero-order chi connectivity index (χ0) is 19.3. The molecule has 0 aliphatic carbocycles. The Morgan fingerprint density at radius 1 is 1.31 bits per heavy atom. The van der Waals surface area contributed by atoms with Gasteiger partial charge >= 0.3 is 6.18 Å². The second kappa shape index (κ2) is 8.21. The summed E-state index contributed by atoms with van der Waals surface area (Å²) in [6.45, 7) is 3.73. The topological polar surface area (TPSA) is 100 Å². The Kier molecular flexibility index (Phi) is 6.24. The number of aryl methyl sites for hydroxylation is 2. The van der Waals surface area contributed by atoms with Crippen LogP contribution in [0.1, 0.15) is 24.1 Å². The molecule has 8 nitrogen and oxygen atoms in total. The maximum atomic E-state index is 12.6. The minimum Gasteiger partial charge on any atom is -0.491 e. The zero-order valence-electron chi connectivity index (χ0n) is 14.7. The van der Waals surface area contributed by atoms with Crippen molar-refractivity contribution in [2.45, 2.75) is 25.9 Å². The van der Waals surface area contributed by atoms with E-state index in [2.05, 4.69) is 20.4 Å². The number of ether oxygens (including phenoxy) is 2. The van der Waals surface area contributed by atoms with Gasteiger partial charge in [-0.1, -0.05) is 0 Å². The number of hydrogen-bond donors (Lipinski definition) is 2. The molecule has 3 rings (SSSR count). The highest BCUT2D eigenvalue weighted by atomic mass is 19.4. The Balaban J connectivity index is 0.000000417. The minimum atomic E-state index is -4.59. The number of halogens is 3. The van der Waals surface area contributed by atoms with Crippen molar-refractivity contribution in [2.75, 3.05) is 31.4 Å². The van der Waals surface area contributed by atoms with Crippen molar-refractivity contribution in [1.29, 1.82) is 0 Å². The molecular weight excluding hydrogens is 353 g/mol. The average molecular weight is 374 g/mol. The summed E-state index contributed by atoms with van der Waals surface area (Å²) in [5.74, 6) is 0.119. The van der Waals surface area contributed by atoms with Gasteiger partial charge in [-0.25, -0.2) is 9.67 Å². The third kappa shape index (κ3) is 4.75. The number of nitrogen functional groups attached to an aromatic ring is 1. The molecule has 0 radical (unpaired) electrons. The zero-order valence-corrected chi connectivity index (χ0v) is 14.7. The third-order valence-corrected chi connectivity index (χ3v) is 3.55. The molecular formula is C15H21F3N6O2. The molecule has 1 aliphatic rings. The fourth-order valence-corrected chi connectivity index (χ4v) is 2.31. The second-order valence-electron chi connectivity index (χ2n) is 5.53. The largest absolute Gasteiger partial charge is 0.491 e. The molecule has 26 heavy (non-hydrogen) atoms. The van der Waals surface area contributed by atoms with Crippen molar-refractivity contribution in [1.82, 2.24) is 19.7 Å². The van der Waals surface area contributed by atoms with Crippen LogP contribution in [0, 0.1) is 6.92 Å². The Hall–Kier alpha value is -2.56. The summed E-state index contributed by atoms with van der Waals surface area (Å²) < 4.78 is 49.3. The van der Waals surface area contributed by atoms with Gasteiger partial charge in [0.05, 0.1) is 7.11 Å². The lowest BCUT2D eigenvalue weighted by Crippen LogP contribution is -2.13. The molecule has 0 atom stereocenters. The Morgan fingerprint density at radius 3 is 2.42 bits per heavy atom. The van der Waals surface area contributed by atoms with Crippen LogP contribution in [0.2, 0.25) is 0 Å². The maximum absolute atomic E-state index is 12.6. The molecule has 0 amide bonds. The van der Waals surface area contributed by atoms with Crippen LogP contribution in [-0.4, -0.2) is 40.1 Å². The molecule has 144 valence electrons. The molecule has 0 bridgehead atoms. The molecule has 0 unspecified atom stereocenters. The van der Waals surface area contributed by atoms with Crippen molar-refractivity contribution in [2.24, 2.45) is 7.05 Å². The van der Waals surface area contributed by atoms with Crippen molar-refractivity contribution in [3.8, 4) is 5.75 Å². The molecule has 2 aromatic heterocycles. The Bertz CT molecular complexity index is 736. The predicted octanol–water partition coefficient (Wildman–Crippen LogP) is 2.67. The first kappa shape index (κ1) is 19.8. The number of nitrogens with two attached hydrogens (primary N) is 1. The summed E-state index contributed by atoms with van der Waals surface area (Å²) in [6, 6.07) is 0. The summed E-state index contributed by atoms with van der Waals surface area (Å²) in [4.78, 5) is 7.21. The fraction of sp³-hybridized carbons (Fsp3) is 0.533. The summed E-state index contributed by atoms with van der Waals surface area (Å²) in [5.41, 5.74) is 4.84. The van der Waals surface area contributed by atoms with Gasteiger partial charge in [0.2, 0.25) is 5.95 Å². The van der Waals surface area contributed by atoms with Gasteiger partial charge in [-0.05, 0) is 19.8 Å². The van der Waals surface area contributed by atoms with E-state index in [1.165, 1.54) is 24.6 Å². The van der Waals surface area contributed by atoms with Crippen molar-refractivity contribution < 1.29 is 22.6 Å². The van der Waals surface area contributed by atoms with Gasteiger partial charge in [0.15, 0.2) is 11.6 Å². The number of methoxy groups -OCH3 is 1. The number of rotatable bonds is 3. The van der Waals surface area contributed by atoms with Crippen LogP contribution in [0.25, 0.3) is 0 Å². The van der Waals surface area contributed by atoms with Gasteiger partial charge in [-0.2, -0.15) is 23.3 Å². The van der Waals surface area contributed by atoms with Crippen LogP contribution in [0.15, 0.2) is 6.20 Å². The molecule has 2 aromatic rings. The summed E-state index contributed by atoms with van der Waals surface area (Å²) in [5, 5.41) is 6.86. The number of hydrogen-bond acceptors (Lipinski definition) is 7. The standard InChI is InChI=1S/C11H13F3N6O.C4H8O/c1-5-7(21-3)9(20(2)19-5)18-10-16-4-6(8(15)17-10)11(12,13)14;1-2-4-5-3-1/h4H,1-3H3,(H3,15,16,17,18);1-4H2. The maximum Gasteiger partial charge on any atom is 0.421 e. The molecule has 0 saturated carbocycles. The Morgan fingerprint density at radius 2 is 1.96 bits per heavy atom. The van der Waals surface area contributed by atoms with Gasteiger partial charge in [0.25, 0.3) is 0 Å². The average Bonchev–Trinajstić information content (AvgIpc) is 3.19. The van der Waals surface area contributed by atoms with Crippen molar-refractivity contribution >= 4 is 17.6 Å². The molecule has 1 aliphatic heterocycles. The van der Waals surface area contributed by atoms with E-state index in [4.69, 9.17) is 15.2 Å². The van der Waals surface area contributed by atoms with Gasteiger partial charge in [0, 0.05) is 26.5 Å². The molecule has 1 fully saturated rings. The smallest absolute Gasteiger partial charge is 0.421 e. The highest BCUT2D eigenvalue weighted by Gasteiger charge is 2.34. The van der Waals surface area contributed by atoms with E-state index in [0.29, 0.717) is 23.5 Å². The van der Waals surface area contributed by atoms with E-state index >= 15 is 0 Å². The van der Waals surface area contributed by atoms with E-state index in [1.54, 1.807) is 14.0 Å². The van der Waals surface area contributed by atoms with Gasteiger partial charge in [-0.15, -0.1) is 0 Å². The third-order valence-electron chi connectivity index (χ3n) is 3.55. The van der Waals surface area contributed by atoms with Gasteiger partial charge in [0.1, 0.15) is 17.1 Å². The van der Waals surface area contributed by atoms with Crippen molar-refractivity contribution in [3.05, 3.63) is 17.5 Å². The summed E-state index contributed by atoms with van der Waals surface area (Å²) in [7, 11) is 3.10. The monoisotopic (exact) mass is 374 g/mol. The normalized spacial score (nSPS) is 13.9. The van der Waals surface area contributed by atoms with Crippen LogP contribution in [0.4, 0.5) is 30.8 Å². The number of nitrogens with zero attached hydrogens (tertiary/aromatic N) is 4. The number of nitrogens with one attached hydrogen (secondary N) is 1. The molecule has 0 spiro atoms. The lowest BCUT2D eigenvalue weighted by Gasteiger charge is -2.11. The molecule has 0 aromatic carbocycles. The van der Waals surface area contributed by atoms with Crippen LogP contribution < -0.4 is 15.8 Å². The lowest BCUT2D eigenvalue weighted by molar-refractivity contribution is -0.137. The first-order chi connectivity index (χ1) is 12.2. The second-order valence-corrected chi connectivity index (χ2v) is 5.53. The van der Waals surface area contributed by atoms with Crippen LogP contribution in [0.3, 0.4) is 0 Å². The van der Waals surface area contributed by atoms with E-state index in [9.17, 15) is 13.2 Å². The van der Waals surface area contributed by atoms with Gasteiger partial charge in [-0.3, -0.25) is 0 Å². The predicted molar refractivity (Wildman–Crippen MR) is 89.3 cm³/mol. The molecule has 3 heterocycles. The van der Waals surface area contributed by atoms with Gasteiger partial charge < -0.3 is 20.5 Å². The van der Waals surface area contributed by atoms with E-state index < -0.39 is 17.6 Å². The first-order valence-electron chi connectivity index (χ1n) is 7.86. The van der Waals surface area contributed by atoms with Crippen LogP contribution in [0.5, 0.6) is 5.75 Å². The van der Waals surface area contributed by atoms with E-state index in [1.807, 2.05) is 0 Å². The van der Waals surface area contributed by atoms with Crippen molar-refractivity contribution in [3.63, 3.8) is 0 Å². The highest BCUT2D eigenvalue weighted by Crippen LogP contribution is 2.33. The summed E-state index contributed by atoms with van der Waals surface area (Å²) >= 11 is 0. The van der Waals surface area contributed by atoms with E-state index in [0.717, 1.165) is 13.2 Å². The summed E-state index contributed by atoms with van der Waals surface area (Å²) in [6.07, 6.45) is -1.41. The minimum absolute atomic E-state index is 0.0817. The number of alkyl halides is 3. The van der Waals surface area contributed by atoms with Crippen LogP contribution in [-0.2, 0) is 18.0 Å². The lowest BCUT2D eigenvalue weighted by atomic mass is 10.3. The number of aromatic nitrogens is 4. The Labute approximate surface area is 148 Å². The SMILES string of the molecule is C1CCOC1.COc1c(C)nn(C)c1Nc1ncc(C(F)(F)F)c(N)n1. The molecule has 3 N–H and O–H groups in total. The van der Waals surface area contributed by atoms with Crippen LogP contribution >= 0.6 is 0 Å².